The molecule has 0 unspecified atom stereocenters. The smallest absolute Gasteiger partial charge is 0.272 e. The number of nitrogens with zero attached hydrogens (tertiary/aromatic N) is 3. The molecule has 0 fully saturated rings. The Morgan fingerprint density at radius 1 is 1.03 bits per heavy atom. The molecule has 182 valence electrons. The molecule has 0 bridgehead atoms. The average Bonchev–Trinajstić information content (AvgIpc) is 3.21. The van der Waals surface area contributed by atoms with Gasteiger partial charge < -0.3 is 9.30 Å². The number of aryl methyl sites for hydroxylation is 2. The number of carbonyl (C=O) groups excluding carboxylic acids is 1. The fourth-order valence-corrected chi connectivity index (χ4v) is 3.92. The average molecular weight is 503 g/mol. The van der Waals surface area contributed by atoms with Gasteiger partial charge in [0.25, 0.3) is 11.6 Å². The van der Waals surface area contributed by atoms with Crippen LogP contribution in [0, 0.1) is 24.0 Å². The van der Waals surface area contributed by atoms with Crippen molar-refractivity contribution in [2.45, 2.75) is 20.5 Å². The van der Waals surface area contributed by atoms with E-state index in [-0.39, 0.29) is 12.3 Å². The second kappa shape index (κ2) is 10.9. The molecule has 1 amide bonds. The van der Waals surface area contributed by atoms with Crippen molar-refractivity contribution in [3.05, 3.63) is 122 Å². The van der Waals surface area contributed by atoms with Crippen LogP contribution in [0.4, 0.5) is 5.69 Å². The minimum Gasteiger partial charge on any atom is -0.489 e. The van der Waals surface area contributed by atoms with Gasteiger partial charge in [0, 0.05) is 29.2 Å². The number of nitrogens with one attached hydrogen (secondary N) is 1. The normalized spacial score (nSPS) is 11.0. The highest BCUT2D eigenvalue weighted by Gasteiger charge is 2.12. The fraction of sp³-hybridized carbons (Fsp3) is 0.111. The van der Waals surface area contributed by atoms with Crippen LogP contribution in [0.5, 0.6) is 5.75 Å². The number of halogens is 1. The van der Waals surface area contributed by atoms with Crippen LogP contribution in [0.1, 0.15) is 32.9 Å². The monoisotopic (exact) mass is 502 g/mol. The third kappa shape index (κ3) is 5.79. The Balaban J connectivity index is 1.32. The summed E-state index contributed by atoms with van der Waals surface area (Å²) in [5, 5.41) is 15.1. The molecule has 3 aromatic carbocycles. The lowest BCUT2D eigenvalue weighted by molar-refractivity contribution is -0.384. The van der Waals surface area contributed by atoms with Crippen molar-refractivity contribution >= 4 is 29.4 Å². The summed E-state index contributed by atoms with van der Waals surface area (Å²) in [7, 11) is 0. The molecule has 0 aliphatic carbocycles. The Kier molecular flexibility index (Phi) is 7.46. The third-order valence-corrected chi connectivity index (χ3v) is 5.85. The van der Waals surface area contributed by atoms with E-state index in [9.17, 15) is 14.9 Å². The predicted molar refractivity (Wildman–Crippen MR) is 139 cm³/mol. The van der Waals surface area contributed by atoms with E-state index >= 15 is 0 Å². The van der Waals surface area contributed by atoms with Gasteiger partial charge >= 0.3 is 0 Å². The molecular weight excluding hydrogens is 480 g/mol. The number of rotatable bonds is 8. The van der Waals surface area contributed by atoms with Gasteiger partial charge in [-0.3, -0.25) is 14.9 Å². The highest BCUT2D eigenvalue weighted by molar-refractivity contribution is 6.34. The number of aromatic nitrogens is 1. The molecule has 4 aromatic rings. The number of nitro benzene ring substituents is 1. The highest BCUT2D eigenvalue weighted by Crippen LogP contribution is 2.23. The molecule has 0 radical (unpaired) electrons. The number of benzene rings is 3. The minimum atomic E-state index is -0.440. The molecular formula is C27H23ClN4O4. The van der Waals surface area contributed by atoms with Crippen LogP contribution >= 0.6 is 11.6 Å². The predicted octanol–water partition coefficient (Wildman–Crippen LogP) is 6.00. The van der Waals surface area contributed by atoms with Crippen molar-refractivity contribution < 1.29 is 14.5 Å². The number of non-ortho nitro benzene ring substituents is 1. The van der Waals surface area contributed by atoms with Crippen LogP contribution in [-0.4, -0.2) is 21.6 Å². The van der Waals surface area contributed by atoms with Crippen molar-refractivity contribution in [1.29, 1.82) is 0 Å². The Labute approximate surface area is 212 Å². The molecule has 36 heavy (non-hydrogen) atoms. The molecule has 1 N–H and O–H groups in total. The summed E-state index contributed by atoms with van der Waals surface area (Å²) in [5.74, 6) is 0.223. The lowest BCUT2D eigenvalue weighted by Gasteiger charge is -2.11. The molecule has 9 heteroatoms. The van der Waals surface area contributed by atoms with E-state index in [1.807, 2.05) is 32.0 Å². The Morgan fingerprint density at radius 2 is 1.69 bits per heavy atom. The van der Waals surface area contributed by atoms with Crippen LogP contribution in [0.15, 0.2) is 84.0 Å². The molecule has 0 aliphatic rings. The van der Waals surface area contributed by atoms with E-state index in [1.54, 1.807) is 48.5 Å². The summed E-state index contributed by atoms with van der Waals surface area (Å²) in [4.78, 5) is 22.8. The van der Waals surface area contributed by atoms with Gasteiger partial charge in [-0.1, -0.05) is 11.6 Å². The third-order valence-electron chi connectivity index (χ3n) is 5.54. The van der Waals surface area contributed by atoms with Gasteiger partial charge in [-0.05, 0) is 91.7 Å². The molecule has 4 rings (SSSR count). The molecule has 8 nitrogen and oxygen atoms in total. The molecule has 1 heterocycles. The Morgan fingerprint density at radius 3 is 2.31 bits per heavy atom. The second-order valence-corrected chi connectivity index (χ2v) is 8.50. The van der Waals surface area contributed by atoms with Gasteiger partial charge in [0.05, 0.1) is 21.7 Å². The van der Waals surface area contributed by atoms with Gasteiger partial charge in [-0.15, -0.1) is 0 Å². The zero-order chi connectivity index (χ0) is 25.7. The Bertz CT molecular complexity index is 1410. The maximum Gasteiger partial charge on any atom is 0.272 e. The summed E-state index contributed by atoms with van der Waals surface area (Å²) in [6, 6.07) is 22.7. The molecule has 0 aliphatic heterocycles. The quantitative estimate of drug-likeness (QED) is 0.181. The van der Waals surface area contributed by atoms with E-state index < -0.39 is 10.8 Å². The van der Waals surface area contributed by atoms with Crippen LogP contribution in [0.3, 0.4) is 0 Å². The van der Waals surface area contributed by atoms with E-state index in [2.05, 4.69) is 15.1 Å². The first-order valence-corrected chi connectivity index (χ1v) is 11.4. The fourth-order valence-electron chi connectivity index (χ4n) is 3.66. The number of hydrogen-bond donors (Lipinski definition) is 1. The summed E-state index contributed by atoms with van der Waals surface area (Å²) >= 11 is 6.38. The number of nitro groups is 1. The molecule has 0 spiro atoms. The molecule has 1 aromatic heterocycles. The lowest BCUT2D eigenvalue weighted by Crippen LogP contribution is -2.18. The summed E-state index contributed by atoms with van der Waals surface area (Å²) in [6.45, 7) is 4.30. The minimum absolute atomic E-state index is 0.0378. The maximum atomic E-state index is 12.5. The maximum absolute atomic E-state index is 12.5. The number of amides is 1. The topological polar surface area (TPSA) is 98.8 Å². The summed E-state index contributed by atoms with van der Waals surface area (Å²) in [6.07, 6.45) is 1.52. The van der Waals surface area contributed by atoms with Gasteiger partial charge in [-0.25, -0.2) is 5.43 Å². The number of ether oxygens (including phenoxy) is 1. The second-order valence-electron chi connectivity index (χ2n) is 8.10. The van der Waals surface area contributed by atoms with Crippen molar-refractivity contribution in [1.82, 2.24) is 9.99 Å². The first-order chi connectivity index (χ1) is 17.3. The number of carbonyl (C=O) groups is 1. The summed E-state index contributed by atoms with van der Waals surface area (Å²) in [5.41, 5.74) is 7.49. The largest absolute Gasteiger partial charge is 0.489 e. The summed E-state index contributed by atoms with van der Waals surface area (Å²) < 4.78 is 7.77. The number of hydrogen-bond acceptors (Lipinski definition) is 5. The van der Waals surface area contributed by atoms with Crippen molar-refractivity contribution in [3.8, 4) is 11.4 Å². The van der Waals surface area contributed by atoms with Gasteiger partial charge in [0.1, 0.15) is 12.4 Å². The molecule has 0 atom stereocenters. The number of hydrazone groups is 1. The zero-order valence-corrected chi connectivity index (χ0v) is 20.4. The van der Waals surface area contributed by atoms with E-state index in [0.717, 1.165) is 28.2 Å². The van der Waals surface area contributed by atoms with Crippen LogP contribution in [0.2, 0.25) is 5.02 Å². The van der Waals surface area contributed by atoms with Crippen LogP contribution in [0.25, 0.3) is 5.69 Å². The molecule has 0 saturated heterocycles. The van der Waals surface area contributed by atoms with Gasteiger partial charge in [-0.2, -0.15) is 5.10 Å². The SMILES string of the molecule is Cc1ccc(C)n1-c1ccc(C(=O)N/N=C\c2ccc(OCc3ccc([N+](=O)[O-])cc3)cc2)c(Cl)c1. The van der Waals surface area contributed by atoms with Crippen molar-refractivity contribution in [2.75, 3.05) is 0 Å². The van der Waals surface area contributed by atoms with E-state index in [0.29, 0.717) is 16.3 Å². The first kappa shape index (κ1) is 24.7. The van der Waals surface area contributed by atoms with Crippen LogP contribution in [-0.2, 0) is 6.61 Å². The van der Waals surface area contributed by atoms with Crippen molar-refractivity contribution in [3.63, 3.8) is 0 Å². The zero-order valence-electron chi connectivity index (χ0n) is 19.6. The van der Waals surface area contributed by atoms with E-state index in [1.165, 1.54) is 18.3 Å². The van der Waals surface area contributed by atoms with Crippen LogP contribution < -0.4 is 10.2 Å². The van der Waals surface area contributed by atoms with Gasteiger partial charge in [0.15, 0.2) is 0 Å². The molecule has 0 saturated carbocycles. The lowest BCUT2D eigenvalue weighted by atomic mass is 10.2. The van der Waals surface area contributed by atoms with E-state index in [4.69, 9.17) is 16.3 Å². The van der Waals surface area contributed by atoms with Crippen molar-refractivity contribution in [2.24, 2.45) is 5.10 Å². The van der Waals surface area contributed by atoms with Gasteiger partial charge in [0.2, 0.25) is 0 Å². The Hall–Kier alpha value is -4.43. The standard InChI is InChI=1S/C27H23ClN4O4/c1-18-3-4-19(2)31(18)23-11-14-25(26(28)15-23)27(33)30-29-16-20-7-12-24(13-8-20)36-17-21-5-9-22(10-6-21)32(34)35/h3-16H,17H2,1-2H3,(H,30,33)/b29-16-. The first-order valence-electron chi connectivity index (χ1n) is 11.1. The highest BCUT2D eigenvalue weighted by atomic mass is 35.5.